The first kappa shape index (κ1) is 16.3. The molecule has 3 aromatic rings. The fraction of sp³-hybridized carbons (Fsp3) is 0.143. The van der Waals surface area contributed by atoms with Crippen LogP contribution in [0.2, 0.25) is 0 Å². The summed E-state index contributed by atoms with van der Waals surface area (Å²) in [4.78, 5) is 1.13. The molecule has 0 radical (unpaired) electrons. The molecule has 2 aromatic carbocycles. The molecule has 0 unspecified atom stereocenters. The van der Waals surface area contributed by atoms with Crippen LogP contribution < -0.4 is 0 Å². The van der Waals surface area contributed by atoms with Gasteiger partial charge < -0.3 is 10.2 Å². The third-order valence-electron chi connectivity index (χ3n) is 3.90. The molecule has 0 fully saturated rings. The van der Waals surface area contributed by atoms with Gasteiger partial charge in [0.25, 0.3) is 0 Å². The maximum absolute atomic E-state index is 10.1. The van der Waals surface area contributed by atoms with Gasteiger partial charge in [0.2, 0.25) is 0 Å². The van der Waals surface area contributed by atoms with E-state index in [-0.39, 0.29) is 17.4 Å². The maximum atomic E-state index is 10.1. The highest BCUT2D eigenvalue weighted by Gasteiger charge is 2.12. The molecule has 24 heavy (non-hydrogen) atoms. The zero-order valence-electron chi connectivity index (χ0n) is 13.7. The van der Waals surface area contributed by atoms with Gasteiger partial charge in [-0.25, -0.2) is 0 Å². The Kier molecular flexibility index (Phi) is 4.72. The van der Waals surface area contributed by atoms with Crippen molar-refractivity contribution in [1.29, 1.82) is 0 Å². The number of benzene rings is 2. The molecule has 0 spiro atoms. The molecule has 3 rings (SSSR count). The summed E-state index contributed by atoms with van der Waals surface area (Å²) in [6.07, 6.45) is 3.91. The number of hydrogen-bond acceptors (Lipinski definition) is 3. The van der Waals surface area contributed by atoms with E-state index in [4.69, 9.17) is 0 Å². The first-order valence-electron chi connectivity index (χ1n) is 7.92. The number of phenolic OH excluding ortho intramolecular Hbond substituents is 2. The van der Waals surface area contributed by atoms with E-state index in [9.17, 15) is 10.2 Å². The highest BCUT2D eigenvalue weighted by Crippen LogP contribution is 2.35. The van der Waals surface area contributed by atoms with Gasteiger partial charge in [0.05, 0.1) is 0 Å². The van der Waals surface area contributed by atoms with Crippen molar-refractivity contribution in [3.8, 4) is 22.6 Å². The Morgan fingerprint density at radius 1 is 0.875 bits per heavy atom. The van der Waals surface area contributed by atoms with Gasteiger partial charge in [-0.15, -0.1) is 11.3 Å². The lowest BCUT2D eigenvalue weighted by atomic mass is 9.98. The Labute approximate surface area is 146 Å². The first-order valence-corrected chi connectivity index (χ1v) is 8.80. The minimum atomic E-state index is 0.0776. The van der Waals surface area contributed by atoms with Gasteiger partial charge in [-0.1, -0.05) is 50.3 Å². The first-order chi connectivity index (χ1) is 11.5. The summed E-state index contributed by atoms with van der Waals surface area (Å²) in [6.45, 7) is 3.89. The van der Waals surface area contributed by atoms with Crippen LogP contribution in [0.25, 0.3) is 23.3 Å². The average Bonchev–Trinajstić information content (AvgIpc) is 3.02. The van der Waals surface area contributed by atoms with E-state index in [0.29, 0.717) is 5.56 Å². The predicted octanol–water partition coefficient (Wildman–Crippen LogP) is 6.12. The van der Waals surface area contributed by atoms with Crippen molar-refractivity contribution < 1.29 is 10.2 Å². The fourth-order valence-electron chi connectivity index (χ4n) is 2.73. The average molecular weight is 336 g/mol. The highest BCUT2D eigenvalue weighted by molar-refractivity contribution is 7.11. The summed E-state index contributed by atoms with van der Waals surface area (Å²) in [5.41, 5.74) is 3.77. The van der Waals surface area contributed by atoms with Crippen LogP contribution in [0.15, 0.2) is 53.9 Å². The smallest absolute Gasteiger partial charge is 0.123 e. The van der Waals surface area contributed by atoms with Crippen molar-refractivity contribution in [2.45, 2.75) is 19.8 Å². The molecular formula is C21H20O2S. The van der Waals surface area contributed by atoms with Crippen molar-refractivity contribution in [3.05, 3.63) is 69.9 Å². The molecule has 0 atom stereocenters. The summed E-state index contributed by atoms with van der Waals surface area (Å²) in [6, 6.07) is 15.8. The largest absolute Gasteiger partial charge is 0.507 e. The van der Waals surface area contributed by atoms with Crippen molar-refractivity contribution in [2.24, 2.45) is 0 Å². The predicted molar refractivity (Wildman–Crippen MR) is 103 cm³/mol. The fourth-order valence-corrected chi connectivity index (χ4v) is 3.54. The molecule has 2 nitrogen and oxygen atoms in total. The Balaban J connectivity index is 1.83. The van der Waals surface area contributed by atoms with Crippen molar-refractivity contribution in [3.63, 3.8) is 0 Å². The second kappa shape index (κ2) is 6.93. The molecule has 0 aliphatic carbocycles. The van der Waals surface area contributed by atoms with E-state index in [0.717, 1.165) is 10.4 Å². The van der Waals surface area contributed by atoms with E-state index in [1.165, 1.54) is 11.1 Å². The molecule has 0 bridgehead atoms. The highest BCUT2D eigenvalue weighted by atomic mass is 32.1. The Hall–Kier alpha value is -2.52. The summed E-state index contributed by atoms with van der Waals surface area (Å²) >= 11 is 1.67. The van der Waals surface area contributed by atoms with E-state index < -0.39 is 0 Å². The van der Waals surface area contributed by atoms with Crippen molar-refractivity contribution in [2.75, 3.05) is 0 Å². The summed E-state index contributed by atoms with van der Waals surface area (Å²) < 4.78 is 0. The lowest BCUT2D eigenvalue weighted by Gasteiger charge is -2.11. The standard InChI is InChI=1S/C21H20O2S/c1-14(2)21-19(22)10-15(11-20(21)23)8-9-18-12-17(13-24-18)16-6-4-3-5-7-16/h3-14,22-23H,1-2H3. The molecule has 2 N–H and O–H groups in total. The second-order valence-electron chi connectivity index (χ2n) is 6.06. The van der Waals surface area contributed by atoms with Crippen LogP contribution in [-0.2, 0) is 0 Å². The maximum Gasteiger partial charge on any atom is 0.123 e. The van der Waals surface area contributed by atoms with E-state index in [2.05, 4.69) is 23.6 Å². The number of rotatable bonds is 4. The van der Waals surface area contributed by atoms with Crippen LogP contribution in [0.5, 0.6) is 11.5 Å². The zero-order chi connectivity index (χ0) is 17.1. The topological polar surface area (TPSA) is 40.5 Å². The summed E-state index contributed by atoms with van der Waals surface area (Å²) in [5.74, 6) is 0.357. The summed E-state index contributed by atoms with van der Waals surface area (Å²) in [5, 5.41) is 22.3. The lowest BCUT2D eigenvalue weighted by Crippen LogP contribution is -1.90. The van der Waals surface area contributed by atoms with Crippen LogP contribution in [0, 0.1) is 0 Å². The number of hydrogen-bond donors (Lipinski definition) is 2. The van der Waals surface area contributed by atoms with Gasteiger partial charge >= 0.3 is 0 Å². The molecular weight excluding hydrogens is 316 g/mol. The third kappa shape index (κ3) is 3.52. The van der Waals surface area contributed by atoms with Gasteiger partial charge in [0.1, 0.15) is 11.5 Å². The van der Waals surface area contributed by atoms with Gasteiger partial charge in [0.15, 0.2) is 0 Å². The molecule has 0 saturated carbocycles. The van der Waals surface area contributed by atoms with Gasteiger partial charge in [0, 0.05) is 10.4 Å². The normalized spacial score (nSPS) is 11.5. The quantitative estimate of drug-likeness (QED) is 0.602. The van der Waals surface area contributed by atoms with Gasteiger partial charge in [-0.05, 0) is 52.3 Å². The molecule has 0 amide bonds. The molecule has 0 aliphatic rings. The minimum Gasteiger partial charge on any atom is -0.507 e. The molecule has 0 saturated heterocycles. The summed E-state index contributed by atoms with van der Waals surface area (Å²) in [7, 11) is 0. The Morgan fingerprint density at radius 2 is 1.54 bits per heavy atom. The van der Waals surface area contributed by atoms with Crippen LogP contribution in [0.4, 0.5) is 0 Å². The van der Waals surface area contributed by atoms with Crippen LogP contribution >= 0.6 is 11.3 Å². The number of phenols is 2. The van der Waals surface area contributed by atoms with Crippen LogP contribution in [0.1, 0.15) is 35.8 Å². The molecule has 1 heterocycles. The minimum absolute atomic E-state index is 0.0776. The number of aromatic hydroxyl groups is 2. The Morgan fingerprint density at radius 3 is 2.17 bits per heavy atom. The van der Waals surface area contributed by atoms with Crippen molar-refractivity contribution in [1.82, 2.24) is 0 Å². The van der Waals surface area contributed by atoms with E-state index in [1.807, 2.05) is 44.2 Å². The number of thiophene rings is 1. The van der Waals surface area contributed by atoms with Gasteiger partial charge in [-0.3, -0.25) is 0 Å². The van der Waals surface area contributed by atoms with E-state index >= 15 is 0 Å². The molecule has 122 valence electrons. The van der Waals surface area contributed by atoms with Crippen LogP contribution in [0.3, 0.4) is 0 Å². The zero-order valence-corrected chi connectivity index (χ0v) is 14.5. The molecule has 3 heteroatoms. The monoisotopic (exact) mass is 336 g/mol. The SMILES string of the molecule is CC(C)c1c(O)cc(C=Cc2cc(-c3ccccc3)cs2)cc1O. The molecule has 0 aliphatic heterocycles. The van der Waals surface area contributed by atoms with Crippen LogP contribution in [-0.4, -0.2) is 10.2 Å². The molecule has 1 aromatic heterocycles. The second-order valence-corrected chi connectivity index (χ2v) is 7.01. The third-order valence-corrected chi connectivity index (χ3v) is 4.80. The van der Waals surface area contributed by atoms with Crippen molar-refractivity contribution >= 4 is 23.5 Å². The lowest BCUT2D eigenvalue weighted by molar-refractivity contribution is 0.433. The Bertz CT molecular complexity index is 838. The van der Waals surface area contributed by atoms with Gasteiger partial charge in [-0.2, -0.15) is 0 Å². The van der Waals surface area contributed by atoms with E-state index in [1.54, 1.807) is 23.5 Å².